The summed E-state index contributed by atoms with van der Waals surface area (Å²) in [6.07, 6.45) is 0. The van der Waals surface area contributed by atoms with Gasteiger partial charge in [0.2, 0.25) is 0 Å². The molecule has 0 fully saturated rings. The number of hydrogen-bond acceptors (Lipinski definition) is 3. The Morgan fingerprint density at radius 3 is 1.85 bits per heavy atom. The van der Waals surface area contributed by atoms with Crippen LogP contribution < -0.4 is 5.32 Å². The first-order valence-corrected chi connectivity index (χ1v) is 8.90. The Morgan fingerprint density at radius 1 is 0.741 bits per heavy atom. The lowest BCUT2D eigenvalue weighted by Gasteiger charge is -2.19. The molecule has 0 heterocycles. The highest BCUT2D eigenvalue weighted by Crippen LogP contribution is 2.23. The Hall–Kier alpha value is -3.27. The second kappa shape index (κ2) is 7.96. The van der Waals surface area contributed by atoms with Crippen LogP contribution in [-0.4, -0.2) is 5.91 Å². The Bertz CT molecular complexity index is 922. The van der Waals surface area contributed by atoms with Crippen molar-refractivity contribution >= 4 is 23.0 Å². The maximum absolute atomic E-state index is 12.4. The number of amides is 1. The number of rotatable bonds is 4. The SMILES string of the molecule is CC(C)(C)c1ccc(C(=O)Nc2ccc(N=Nc3ccccc3)cc2)cc1. The molecule has 3 aromatic carbocycles. The van der Waals surface area contributed by atoms with Crippen LogP contribution in [0.1, 0.15) is 36.7 Å². The molecule has 0 atom stereocenters. The van der Waals surface area contributed by atoms with Crippen molar-refractivity contribution in [1.29, 1.82) is 0 Å². The van der Waals surface area contributed by atoms with Gasteiger partial charge in [0.15, 0.2) is 0 Å². The number of carbonyl (C=O) groups excluding carboxylic acids is 1. The summed E-state index contributed by atoms with van der Waals surface area (Å²) in [6, 6.07) is 24.6. The summed E-state index contributed by atoms with van der Waals surface area (Å²) in [4.78, 5) is 12.4. The van der Waals surface area contributed by atoms with E-state index in [1.807, 2.05) is 78.9 Å². The van der Waals surface area contributed by atoms with Crippen LogP contribution in [0.5, 0.6) is 0 Å². The number of carbonyl (C=O) groups is 1. The Balaban J connectivity index is 1.64. The molecule has 1 N–H and O–H groups in total. The van der Waals surface area contributed by atoms with Crippen LogP contribution in [0.15, 0.2) is 89.1 Å². The van der Waals surface area contributed by atoms with Crippen LogP contribution in [0.25, 0.3) is 0 Å². The van der Waals surface area contributed by atoms with E-state index in [0.29, 0.717) is 5.56 Å². The molecule has 0 bridgehead atoms. The van der Waals surface area contributed by atoms with Gasteiger partial charge >= 0.3 is 0 Å². The topological polar surface area (TPSA) is 53.8 Å². The van der Waals surface area contributed by atoms with Gasteiger partial charge in [-0.25, -0.2) is 0 Å². The van der Waals surface area contributed by atoms with Gasteiger partial charge in [0.1, 0.15) is 0 Å². The molecule has 1 amide bonds. The maximum atomic E-state index is 12.4. The number of hydrogen-bond donors (Lipinski definition) is 1. The second-order valence-corrected chi connectivity index (χ2v) is 7.36. The largest absolute Gasteiger partial charge is 0.322 e. The van der Waals surface area contributed by atoms with E-state index < -0.39 is 0 Å². The van der Waals surface area contributed by atoms with Gasteiger partial charge in [-0.1, -0.05) is 51.1 Å². The Morgan fingerprint density at radius 2 is 1.30 bits per heavy atom. The number of nitrogens with one attached hydrogen (secondary N) is 1. The molecule has 0 aromatic heterocycles. The summed E-state index contributed by atoms with van der Waals surface area (Å²) >= 11 is 0. The van der Waals surface area contributed by atoms with E-state index in [-0.39, 0.29) is 11.3 Å². The minimum atomic E-state index is -0.130. The van der Waals surface area contributed by atoms with Crippen molar-refractivity contribution in [3.05, 3.63) is 90.0 Å². The fourth-order valence-corrected chi connectivity index (χ4v) is 2.55. The molecule has 27 heavy (non-hydrogen) atoms. The van der Waals surface area contributed by atoms with Crippen LogP contribution in [0.4, 0.5) is 17.1 Å². The summed E-state index contributed by atoms with van der Waals surface area (Å²) in [5, 5.41) is 11.3. The van der Waals surface area contributed by atoms with E-state index in [0.717, 1.165) is 17.1 Å². The minimum absolute atomic E-state index is 0.0686. The zero-order chi connectivity index (χ0) is 19.3. The Kier molecular flexibility index (Phi) is 5.46. The van der Waals surface area contributed by atoms with Crippen LogP contribution in [0.2, 0.25) is 0 Å². The molecule has 0 spiro atoms. The predicted molar refractivity (Wildman–Crippen MR) is 110 cm³/mol. The monoisotopic (exact) mass is 357 g/mol. The number of nitrogens with zero attached hydrogens (tertiary/aromatic N) is 2. The lowest BCUT2D eigenvalue weighted by molar-refractivity contribution is 0.102. The molecular weight excluding hydrogens is 334 g/mol. The molecule has 3 rings (SSSR count). The average molecular weight is 357 g/mol. The van der Waals surface area contributed by atoms with Crippen molar-refractivity contribution < 1.29 is 4.79 Å². The van der Waals surface area contributed by atoms with Gasteiger partial charge in [0, 0.05) is 11.3 Å². The van der Waals surface area contributed by atoms with Crippen molar-refractivity contribution in [3.8, 4) is 0 Å². The first kappa shape index (κ1) is 18.5. The van der Waals surface area contributed by atoms with E-state index in [2.05, 4.69) is 36.3 Å². The molecule has 4 heteroatoms. The zero-order valence-corrected chi connectivity index (χ0v) is 15.8. The van der Waals surface area contributed by atoms with Gasteiger partial charge < -0.3 is 5.32 Å². The molecule has 136 valence electrons. The average Bonchev–Trinajstić information content (AvgIpc) is 2.68. The van der Waals surface area contributed by atoms with Crippen LogP contribution >= 0.6 is 0 Å². The first-order chi connectivity index (χ1) is 12.9. The van der Waals surface area contributed by atoms with Crippen LogP contribution in [0, 0.1) is 0 Å². The number of benzene rings is 3. The lowest BCUT2D eigenvalue weighted by Crippen LogP contribution is -2.14. The highest BCUT2D eigenvalue weighted by atomic mass is 16.1. The first-order valence-electron chi connectivity index (χ1n) is 8.90. The standard InChI is InChI=1S/C23H23N3O/c1-23(2,3)18-11-9-17(10-12-18)22(27)24-19-13-15-21(16-14-19)26-25-20-7-5-4-6-8-20/h4-16H,1-3H3,(H,24,27). The van der Waals surface area contributed by atoms with Gasteiger partial charge in [-0.3, -0.25) is 4.79 Å². The molecule has 0 aliphatic carbocycles. The molecule has 0 aliphatic heterocycles. The molecule has 0 saturated heterocycles. The van der Waals surface area contributed by atoms with Gasteiger partial charge in [-0.05, 0) is 59.5 Å². The van der Waals surface area contributed by atoms with Crippen molar-refractivity contribution in [2.24, 2.45) is 10.2 Å². The van der Waals surface area contributed by atoms with Crippen molar-refractivity contribution in [2.75, 3.05) is 5.32 Å². The molecule has 0 unspecified atom stereocenters. The summed E-state index contributed by atoms with van der Waals surface area (Å²) in [5.41, 5.74) is 4.15. The van der Waals surface area contributed by atoms with Crippen LogP contribution in [-0.2, 0) is 5.41 Å². The quantitative estimate of drug-likeness (QED) is 0.522. The zero-order valence-electron chi connectivity index (χ0n) is 15.8. The summed E-state index contributed by atoms with van der Waals surface area (Å²) in [6.45, 7) is 6.45. The fourth-order valence-electron chi connectivity index (χ4n) is 2.55. The Labute approximate surface area is 160 Å². The van der Waals surface area contributed by atoms with Gasteiger partial charge in [-0.2, -0.15) is 10.2 Å². The van der Waals surface area contributed by atoms with Crippen molar-refractivity contribution in [3.63, 3.8) is 0 Å². The molecule has 4 nitrogen and oxygen atoms in total. The molecular formula is C23H23N3O. The smallest absolute Gasteiger partial charge is 0.255 e. The summed E-state index contributed by atoms with van der Waals surface area (Å²) in [5.74, 6) is -0.130. The van der Waals surface area contributed by atoms with Gasteiger partial charge in [-0.15, -0.1) is 0 Å². The number of azo groups is 1. The normalized spacial score (nSPS) is 11.5. The second-order valence-electron chi connectivity index (χ2n) is 7.36. The van der Waals surface area contributed by atoms with Gasteiger partial charge in [0.05, 0.1) is 11.4 Å². The van der Waals surface area contributed by atoms with Crippen molar-refractivity contribution in [1.82, 2.24) is 0 Å². The minimum Gasteiger partial charge on any atom is -0.322 e. The third kappa shape index (κ3) is 5.11. The van der Waals surface area contributed by atoms with E-state index >= 15 is 0 Å². The molecule has 0 saturated carbocycles. The van der Waals surface area contributed by atoms with Gasteiger partial charge in [0.25, 0.3) is 5.91 Å². The fraction of sp³-hybridized carbons (Fsp3) is 0.174. The summed E-state index contributed by atoms with van der Waals surface area (Å²) in [7, 11) is 0. The van der Waals surface area contributed by atoms with E-state index in [1.165, 1.54) is 5.56 Å². The lowest BCUT2D eigenvalue weighted by atomic mass is 9.87. The molecule has 3 aromatic rings. The molecule has 0 aliphatic rings. The van der Waals surface area contributed by atoms with E-state index in [1.54, 1.807) is 0 Å². The van der Waals surface area contributed by atoms with E-state index in [9.17, 15) is 4.79 Å². The predicted octanol–water partition coefficient (Wildman–Crippen LogP) is 6.65. The van der Waals surface area contributed by atoms with E-state index in [4.69, 9.17) is 0 Å². The summed E-state index contributed by atoms with van der Waals surface area (Å²) < 4.78 is 0. The third-order valence-corrected chi connectivity index (χ3v) is 4.18. The third-order valence-electron chi connectivity index (χ3n) is 4.18. The number of anilines is 1. The maximum Gasteiger partial charge on any atom is 0.255 e. The molecule has 0 radical (unpaired) electrons. The highest BCUT2D eigenvalue weighted by Gasteiger charge is 2.14. The highest BCUT2D eigenvalue weighted by molar-refractivity contribution is 6.04. The van der Waals surface area contributed by atoms with Crippen LogP contribution in [0.3, 0.4) is 0 Å². The van der Waals surface area contributed by atoms with Crippen molar-refractivity contribution in [2.45, 2.75) is 26.2 Å².